The largest absolute Gasteiger partial charge is 0.302 e. The van der Waals surface area contributed by atoms with Gasteiger partial charge >= 0.3 is 0 Å². The normalized spacial score (nSPS) is 19.5. The number of nitrogens with zero attached hydrogens (tertiary/aromatic N) is 1. The highest BCUT2D eigenvalue weighted by molar-refractivity contribution is 6.42. The molecule has 0 spiro atoms. The molecule has 1 aliphatic rings. The van der Waals surface area contributed by atoms with Gasteiger partial charge < -0.3 is 4.90 Å². The van der Waals surface area contributed by atoms with E-state index in [-0.39, 0.29) is 5.38 Å². The Morgan fingerprint density at radius 2 is 1.67 bits per heavy atom. The lowest BCUT2D eigenvalue weighted by molar-refractivity contribution is 0.285. The fraction of sp³-hybridized carbons (Fsp3) is 0.571. The number of hydrogen-bond donors (Lipinski definition) is 0. The second kappa shape index (κ2) is 7.00. The molecule has 1 heterocycles. The van der Waals surface area contributed by atoms with Gasteiger partial charge in [0.25, 0.3) is 0 Å². The van der Waals surface area contributed by atoms with Crippen molar-refractivity contribution in [2.24, 2.45) is 0 Å². The maximum absolute atomic E-state index is 6.47. The summed E-state index contributed by atoms with van der Waals surface area (Å²) in [6.07, 6.45) is 5.25. The van der Waals surface area contributed by atoms with Crippen molar-refractivity contribution in [2.45, 2.75) is 31.1 Å². The molecule has 100 valence electrons. The zero-order valence-electron chi connectivity index (χ0n) is 10.3. The minimum atomic E-state index is -0.0159. The van der Waals surface area contributed by atoms with Crippen molar-refractivity contribution >= 4 is 34.8 Å². The van der Waals surface area contributed by atoms with Gasteiger partial charge in [-0.25, -0.2) is 0 Å². The zero-order chi connectivity index (χ0) is 13.0. The lowest BCUT2D eigenvalue weighted by Crippen LogP contribution is -2.28. The molecule has 1 nitrogen and oxygen atoms in total. The van der Waals surface area contributed by atoms with Crippen LogP contribution in [0.3, 0.4) is 0 Å². The van der Waals surface area contributed by atoms with Crippen LogP contribution < -0.4 is 0 Å². The quantitative estimate of drug-likeness (QED) is 0.698. The molecule has 2 rings (SSSR count). The van der Waals surface area contributed by atoms with E-state index in [1.165, 1.54) is 25.7 Å². The van der Waals surface area contributed by atoms with E-state index in [9.17, 15) is 0 Å². The second-order valence-corrected chi connectivity index (χ2v) is 6.20. The van der Waals surface area contributed by atoms with Crippen molar-refractivity contribution in [3.05, 3.63) is 33.8 Å². The van der Waals surface area contributed by atoms with E-state index in [4.69, 9.17) is 34.8 Å². The Balaban J connectivity index is 1.97. The van der Waals surface area contributed by atoms with Crippen LogP contribution in [0.1, 0.15) is 36.6 Å². The Morgan fingerprint density at radius 1 is 1.00 bits per heavy atom. The number of benzene rings is 1. The highest BCUT2D eigenvalue weighted by Crippen LogP contribution is 2.29. The molecule has 1 aromatic carbocycles. The number of likely N-dealkylation sites (tertiary alicyclic amines) is 1. The molecule has 1 atom stereocenters. The van der Waals surface area contributed by atoms with Gasteiger partial charge in [0.05, 0.1) is 15.4 Å². The zero-order valence-corrected chi connectivity index (χ0v) is 12.6. The molecule has 1 saturated heterocycles. The van der Waals surface area contributed by atoms with Crippen LogP contribution in [0.2, 0.25) is 10.0 Å². The maximum Gasteiger partial charge on any atom is 0.0712 e. The molecule has 1 unspecified atom stereocenters. The Bertz CT molecular complexity index is 387. The molecule has 1 aliphatic heterocycles. The fourth-order valence-electron chi connectivity index (χ4n) is 2.36. The highest BCUT2D eigenvalue weighted by Gasteiger charge is 2.16. The van der Waals surface area contributed by atoms with Crippen LogP contribution >= 0.6 is 34.8 Å². The number of rotatable bonds is 3. The smallest absolute Gasteiger partial charge is 0.0712 e. The Hall–Kier alpha value is 0.0500. The second-order valence-electron chi connectivity index (χ2n) is 4.86. The molecule has 0 aliphatic carbocycles. The molecular formula is C14H18Cl3N. The van der Waals surface area contributed by atoms with Crippen LogP contribution in [-0.4, -0.2) is 24.5 Å². The molecule has 0 bridgehead atoms. The number of alkyl halides is 1. The van der Waals surface area contributed by atoms with Crippen molar-refractivity contribution in [1.29, 1.82) is 0 Å². The first-order chi connectivity index (χ1) is 8.66. The summed E-state index contributed by atoms with van der Waals surface area (Å²) in [6.45, 7) is 3.20. The lowest BCUT2D eigenvalue weighted by Gasteiger charge is -2.23. The maximum atomic E-state index is 6.47. The summed E-state index contributed by atoms with van der Waals surface area (Å²) in [5, 5.41) is 1.15. The standard InChI is InChI=1S/C14H18Cl3N/c15-12-6-5-11(9-13(12)16)14(17)10-18-7-3-1-2-4-8-18/h5-6,9,14H,1-4,7-8,10H2. The van der Waals surface area contributed by atoms with Crippen LogP contribution in [0.15, 0.2) is 18.2 Å². The Kier molecular flexibility index (Phi) is 5.62. The van der Waals surface area contributed by atoms with Crippen molar-refractivity contribution in [2.75, 3.05) is 19.6 Å². The molecule has 0 amide bonds. The van der Waals surface area contributed by atoms with E-state index in [1.54, 1.807) is 0 Å². The van der Waals surface area contributed by atoms with E-state index < -0.39 is 0 Å². The third-order valence-corrected chi connectivity index (χ3v) is 4.55. The molecule has 1 aromatic rings. The summed E-state index contributed by atoms with van der Waals surface area (Å²) in [5.74, 6) is 0. The summed E-state index contributed by atoms with van der Waals surface area (Å²) in [6, 6.07) is 5.65. The summed E-state index contributed by atoms with van der Waals surface area (Å²) >= 11 is 18.4. The molecule has 0 N–H and O–H groups in total. The minimum absolute atomic E-state index is 0.0159. The van der Waals surface area contributed by atoms with Crippen LogP contribution in [0.4, 0.5) is 0 Å². The third kappa shape index (κ3) is 4.03. The monoisotopic (exact) mass is 305 g/mol. The van der Waals surface area contributed by atoms with Crippen molar-refractivity contribution < 1.29 is 0 Å². The van der Waals surface area contributed by atoms with E-state index in [1.807, 2.05) is 18.2 Å². The summed E-state index contributed by atoms with van der Waals surface area (Å²) in [5.41, 5.74) is 1.05. The predicted octanol–water partition coefficient (Wildman–Crippen LogP) is 5.15. The van der Waals surface area contributed by atoms with Gasteiger partial charge in [0.2, 0.25) is 0 Å². The van der Waals surface area contributed by atoms with Crippen LogP contribution in [0.5, 0.6) is 0 Å². The van der Waals surface area contributed by atoms with Gasteiger partial charge in [0.15, 0.2) is 0 Å². The molecule has 1 fully saturated rings. The Morgan fingerprint density at radius 3 is 2.28 bits per heavy atom. The fourth-order valence-corrected chi connectivity index (χ4v) is 3.00. The van der Waals surface area contributed by atoms with Gasteiger partial charge in [0.1, 0.15) is 0 Å². The van der Waals surface area contributed by atoms with Crippen LogP contribution in [0, 0.1) is 0 Å². The van der Waals surface area contributed by atoms with Crippen molar-refractivity contribution in [3.63, 3.8) is 0 Å². The first-order valence-corrected chi connectivity index (χ1v) is 7.67. The molecule has 0 aromatic heterocycles. The average molecular weight is 307 g/mol. The van der Waals surface area contributed by atoms with Gasteiger partial charge in [-0.2, -0.15) is 0 Å². The first kappa shape index (κ1) is 14.5. The first-order valence-electron chi connectivity index (χ1n) is 6.48. The molecular weight excluding hydrogens is 289 g/mol. The van der Waals surface area contributed by atoms with Gasteiger partial charge in [-0.1, -0.05) is 42.1 Å². The van der Waals surface area contributed by atoms with Crippen molar-refractivity contribution in [3.8, 4) is 0 Å². The van der Waals surface area contributed by atoms with Gasteiger partial charge in [-0.15, -0.1) is 11.6 Å². The SMILES string of the molecule is Clc1ccc(C(Cl)CN2CCCCCC2)cc1Cl. The third-order valence-electron chi connectivity index (χ3n) is 3.42. The lowest BCUT2D eigenvalue weighted by atomic mass is 10.1. The Labute approximate surface area is 124 Å². The molecule has 0 radical (unpaired) electrons. The predicted molar refractivity (Wildman–Crippen MR) is 80.0 cm³/mol. The van der Waals surface area contributed by atoms with E-state index >= 15 is 0 Å². The summed E-state index contributed by atoms with van der Waals surface area (Å²) < 4.78 is 0. The number of halogens is 3. The summed E-state index contributed by atoms with van der Waals surface area (Å²) in [7, 11) is 0. The topological polar surface area (TPSA) is 3.24 Å². The molecule has 4 heteroatoms. The molecule has 18 heavy (non-hydrogen) atoms. The van der Waals surface area contributed by atoms with Gasteiger partial charge in [0, 0.05) is 6.54 Å². The van der Waals surface area contributed by atoms with Gasteiger partial charge in [-0.3, -0.25) is 0 Å². The summed E-state index contributed by atoms with van der Waals surface area (Å²) in [4.78, 5) is 2.45. The van der Waals surface area contributed by atoms with Crippen LogP contribution in [-0.2, 0) is 0 Å². The van der Waals surface area contributed by atoms with E-state index in [2.05, 4.69) is 4.90 Å². The van der Waals surface area contributed by atoms with Gasteiger partial charge in [-0.05, 0) is 43.6 Å². The number of hydrogen-bond acceptors (Lipinski definition) is 1. The van der Waals surface area contributed by atoms with Crippen molar-refractivity contribution in [1.82, 2.24) is 4.90 Å². The van der Waals surface area contributed by atoms with E-state index in [0.29, 0.717) is 10.0 Å². The van der Waals surface area contributed by atoms with E-state index in [0.717, 1.165) is 25.2 Å². The van der Waals surface area contributed by atoms with Crippen LogP contribution in [0.25, 0.3) is 0 Å². The minimum Gasteiger partial charge on any atom is -0.302 e. The average Bonchev–Trinajstić information content (AvgIpc) is 2.61. The molecule has 0 saturated carbocycles. The highest BCUT2D eigenvalue weighted by atomic mass is 35.5.